The molecule has 3 aromatic rings. The average Bonchev–Trinajstić information content (AvgIpc) is 2.67. The quantitative estimate of drug-likeness (QED) is 0.461. The number of hydrogen-bond donors (Lipinski definition) is 1. The van der Waals surface area contributed by atoms with E-state index in [0.717, 1.165) is 11.3 Å². The molecule has 0 saturated heterocycles. The molecule has 1 heterocycles. The Balaban J connectivity index is 1.72. The Morgan fingerprint density at radius 1 is 1.18 bits per heavy atom. The molecule has 28 heavy (non-hydrogen) atoms. The fraction of sp³-hybridized carbons (Fsp3) is 0.364. The first-order valence-corrected chi connectivity index (χ1v) is 10.4. The number of thioether (sulfide) groups is 1. The molecule has 1 atom stereocenters. The molecule has 6 heteroatoms. The molecule has 0 aliphatic heterocycles. The van der Waals surface area contributed by atoms with Crippen molar-refractivity contribution >= 4 is 22.7 Å². The third-order valence-corrected chi connectivity index (χ3v) is 5.33. The van der Waals surface area contributed by atoms with Gasteiger partial charge < -0.3 is 9.84 Å². The van der Waals surface area contributed by atoms with E-state index in [1.165, 1.54) is 11.8 Å². The number of nitrogens with zero attached hydrogens (tertiary/aromatic N) is 2. The summed E-state index contributed by atoms with van der Waals surface area (Å²) in [4.78, 5) is 17.6. The van der Waals surface area contributed by atoms with Crippen LogP contribution < -0.4 is 10.3 Å². The lowest BCUT2D eigenvalue weighted by Crippen LogP contribution is -2.26. The number of aryl methyl sites for hydroxylation is 1. The summed E-state index contributed by atoms with van der Waals surface area (Å²) in [6.45, 7) is 6.92. The number of aliphatic hydroxyl groups is 1. The van der Waals surface area contributed by atoms with Gasteiger partial charge in [-0.15, -0.1) is 0 Å². The Morgan fingerprint density at radius 2 is 1.96 bits per heavy atom. The molecule has 0 aliphatic carbocycles. The highest BCUT2D eigenvalue weighted by Gasteiger charge is 2.15. The van der Waals surface area contributed by atoms with E-state index in [2.05, 4.69) is 18.8 Å². The van der Waals surface area contributed by atoms with E-state index >= 15 is 0 Å². The molecule has 0 fully saturated rings. The third kappa shape index (κ3) is 5.14. The van der Waals surface area contributed by atoms with Crippen LogP contribution in [0.1, 0.15) is 19.4 Å². The summed E-state index contributed by atoms with van der Waals surface area (Å²) in [5, 5.41) is 11.6. The smallest absolute Gasteiger partial charge is 0.262 e. The number of hydrogen-bond acceptors (Lipinski definition) is 5. The molecule has 0 spiro atoms. The predicted molar refractivity (Wildman–Crippen MR) is 114 cm³/mol. The first-order chi connectivity index (χ1) is 13.4. The van der Waals surface area contributed by atoms with Crippen LogP contribution in [0.5, 0.6) is 5.75 Å². The molecule has 0 bridgehead atoms. The lowest BCUT2D eigenvalue weighted by Gasteiger charge is -2.16. The summed E-state index contributed by atoms with van der Waals surface area (Å²) >= 11 is 1.39. The van der Waals surface area contributed by atoms with Gasteiger partial charge in [-0.25, -0.2) is 4.98 Å². The average molecular weight is 399 g/mol. The van der Waals surface area contributed by atoms with Crippen LogP contribution in [0.25, 0.3) is 10.9 Å². The van der Waals surface area contributed by atoms with Crippen LogP contribution >= 0.6 is 11.8 Å². The molecule has 2 aromatic carbocycles. The van der Waals surface area contributed by atoms with Crippen LogP contribution in [0, 0.1) is 12.8 Å². The molecule has 0 unspecified atom stereocenters. The molecule has 1 aromatic heterocycles. The molecule has 0 amide bonds. The number of fused-ring (bicyclic) bond motifs is 1. The summed E-state index contributed by atoms with van der Waals surface area (Å²) in [5.74, 6) is 1.45. The number of ether oxygens (including phenoxy) is 1. The van der Waals surface area contributed by atoms with Crippen molar-refractivity contribution in [3.8, 4) is 5.75 Å². The highest BCUT2D eigenvalue weighted by Crippen LogP contribution is 2.20. The second kappa shape index (κ2) is 9.26. The number of aromatic nitrogens is 2. The first kappa shape index (κ1) is 20.4. The van der Waals surface area contributed by atoms with E-state index in [1.54, 1.807) is 10.6 Å². The minimum atomic E-state index is -0.665. The lowest BCUT2D eigenvalue weighted by molar-refractivity contribution is 0.126. The van der Waals surface area contributed by atoms with Crippen LogP contribution in [0.3, 0.4) is 0 Å². The minimum absolute atomic E-state index is 0.0349. The van der Waals surface area contributed by atoms with Gasteiger partial charge in [0.15, 0.2) is 5.16 Å². The van der Waals surface area contributed by atoms with Crippen molar-refractivity contribution in [2.24, 2.45) is 5.92 Å². The monoisotopic (exact) mass is 398 g/mol. The number of benzene rings is 2. The van der Waals surface area contributed by atoms with Crippen molar-refractivity contribution in [2.75, 3.05) is 12.4 Å². The van der Waals surface area contributed by atoms with Gasteiger partial charge in [-0.05, 0) is 42.7 Å². The highest BCUT2D eigenvalue weighted by molar-refractivity contribution is 7.99. The Morgan fingerprint density at radius 3 is 2.71 bits per heavy atom. The fourth-order valence-corrected chi connectivity index (χ4v) is 3.81. The molecular formula is C22H26N2O3S. The Hall–Kier alpha value is -2.31. The van der Waals surface area contributed by atoms with Gasteiger partial charge in [-0.3, -0.25) is 9.36 Å². The highest BCUT2D eigenvalue weighted by atomic mass is 32.2. The number of aliphatic hydroxyl groups excluding tert-OH is 1. The zero-order valence-electron chi connectivity index (χ0n) is 16.5. The molecule has 3 rings (SSSR count). The maximum Gasteiger partial charge on any atom is 0.262 e. The molecule has 0 saturated carbocycles. The first-order valence-electron chi connectivity index (χ1n) is 9.44. The van der Waals surface area contributed by atoms with E-state index in [1.807, 2.05) is 49.4 Å². The van der Waals surface area contributed by atoms with Crippen LogP contribution in [0.15, 0.2) is 58.5 Å². The van der Waals surface area contributed by atoms with Gasteiger partial charge in [-0.1, -0.05) is 49.9 Å². The van der Waals surface area contributed by atoms with E-state index in [-0.39, 0.29) is 12.2 Å². The van der Waals surface area contributed by atoms with Crippen LogP contribution in [-0.4, -0.2) is 33.1 Å². The zero-order chi connectivity index (χ0) is 20.1. The summed E-state index contributed by atoms with van der Waals surface area (Å²) in [5.41, 5.74) is 1.76. The summed E-state index contributed by atoms with van der Waals surface area (Å²) < 4.78 is 7.39. The molecule has 5 nitrogen and oxygen atoms in total. The lowest BCUT2D eigenvalue weighted by atomic mass is 10.2. The number of para-hydroxylation sites is 1. The van der Waals surface area contributed by atoms with Crippen molar-refractivity contribution in [2.45, 2.75) is 38.6 Å². The predicted octanol–water partition coefficient (Wildman–Crippen LogP) is 3.89. The van der Waals surface area contributed by atoms with Crippen LogP contribution in [0.4, 0.5) is 0 Å². The van der Waals surface area contributed by atoms with E-state index in [0.29, 0.717) is 34.3 Å². The maximum absolute atomic E-state index is 12.9. The van der Waals surface area contributed by atoms with Crippen LogP contribution in [-0.2, 0) is 6.54 Å². The van der Waals surface area contributed by atoms with E-state index in [4.69, 9.17) is 4.74 Å². The Bertz CT molecular complexity index is 1000. The minimum Gasteiger partial charge on any atom is -0.491 e. The molecule has 1 N–H and O–H groups in total. The van der Waals surface area contributed by atoms with Gasteiger partial charge in [-0.2, -0.15) is 0 Å². The third-order valence-electron chi connectivity index (χ3n) is 4.21. The van der Waals surface area contributed by atoms with Crippen LogP contribution in [0.2, 0.25) is 0 Å². The summed E-state index contributed by atoms with van der Waals surface area (Å²) in [6, 6.07) is 15.1. The zero-order valence-corrected chi connectivity index (χ0v) is 17.3. The van der Waals surface area contributed by atoms with Gasteiger partial charge in [0.1, 0.15) is 12.4 Å². The standard InChI is InChI=1S/C22H26N2O3S/c1-15(2)12-24-21(26)19-9-4-5-10-20(19)23-22(24)28-14-17(25)13-27-18-8-6-7-16(3)11-18/h4-11,15,17,25H,12-14H2,1-3H3/t17-/m0/s1. The van der Waals surface area contributed by atoms with Crippen molar-refractivity contribution in [1.29, 1.82) is 0 Å². The van der Waals surface area contributed by atoms with E-state index in [9.17, 15) is 9.90 Å². The summed E-state index contributed by atoms with van der Waals surface area (Å²) in [7, 11) is 0. The van der Waals surface area contributed by atoms with Crippen molar-refractivity contribution < 1.29 is 9.84 Å². The topological polar surface area (TPSA) is 64.3 Å². The van der Waals surface area contributed by atoms with Gasteiger partial charge in [0.05, 0.1) is 17.0 Å². The van der Waals surface area contributed by atoms with Crippen molar-refractivity contribution in [3.63, 3.8) is 0 Å². The fourth-order valence-electron chi connectivity index (χ4n) is 2.90. The van der Waals surface area contributed by atoms with Gasteiger partial charge in [0.25, 0.3) is 5.56 Å². The Kier molecular flexibility index (Phi) is 6.75. The normalized spacial score (nSPS) is 12.5. The second-order valence-corrected chi connectivity index (χ2v) is 8.30. The second-order valence-electron chi connectivity index (χ2n) is 7.31. The Labute approximate surface area is 169 Å². The molecular weight excluding hydrogens is 372 g/mol. The largest absolute Gasteiger partial charge is 0.491 e. The molecule has 0 radical (unpaired) electrons. The summed E-state index contributed by atoms with van der Waals surface area (Å²) in [6.07, 6.45) is -0.665. The van der Waals surface area contributed by atoms with Crippen molar-refractivity contribution in [3.05, 3.63) is 64.4 Å². The SMILES string of the molecule is Cc1cccc(OC[C@H](O)CSc2nc3ccccc3c(=O)n2CC(C)C)c1. The van der Waals surface area contributed by atoms with Gasteiger partial charge in [0.2, 0.25) is 0 Å². The van der Waals surface area contributed by atoms with Gasteiger partial charge in [0, 0.05) is 12.3 Å². The van der Waals surface area contributed by atoms with E-state index < -0.39 is 6.10 Å². The maximum atomic E-state index is 12.9. The van der Waals surface area contributed by atoms with Gasteiger partial charge >= 0.3 is 0 Å². The molecule has 0 aliphatic rings. The number of rotatable bonds is 8. The van der Waals surface area contributed by atoms with Crippen molar-refractivity contribution in [1.82, 2.24) is 9.55 Å². The molecule has 148 valence electrons.